The number of aliphatic imine (C=N–C) groups is 1. The molecule has 0 aliphatic carbocycles. The lowest BCUT2D eigenvalue weighted by atomic mass is 9.94. The lowest BCUT2D eigenvalue weighted by Crippen LogP contribution is -2.49. The van der Waals surface area contributed by atoms with Crippen LogP contribution in [-0.2, 0) is 4.74 Å². The van der Waals surface area contributed by atoms with Gasteiger partial charge in [-0.2, -0.15) is 0 Å². The molecule has 3 rings (SSSR count). The molecule has 0 aromatic carbocycles. The van der Waals surface area contributed by atoms with Gasteiger partial charge in [-0.3, -0.25) is 4.99 Å². The van der Waals surface area contributed by atoms with Crippen molar-refractivity contribution in [2.24, 2.45) is 16.8 Å². The fourth-order valence-electron chi connectivity index (χ4n) is 4.82. The SMILES string of the molecule is CCNC(=NCCC1CCN(CC)CC1)NC1CCN(CC2CCOC2)CC1.I. The van der Waals surface area contributed by atoms with Crippen LogP contribution >= 0.6 is 24.0 Å². The van der Waals surface area contributed by atoms with Crippen molar-refractivity contribution >= 4 is 29.9 Å². The number of likely N-dealkylation sites (tertiary alicyclic amines) is 2. The molecule has 3 aliphatic heterocycles. The summed E-state index contributed by atoms with van der Waals surface area (Å²) in [6.45, 7) is 15.6. The fourth-order valence-corrected chi connectivity index (χ4v) is 4.82. The first-order valence-electron chi connectivity index (χ1n) is 11.8. The van der Waals surface area contributed by atoms with E-state index in [1.54, 1.807) is 0 Å². The van der Waals surface area contributed by atoms with Crippen molar-refractivity contribution in [2.45, 2.75) is 58.4 Å². The Labute approximate surface area is 195 Å². The summed E-state index contributed by atoms with van der Waals surface area (Å²) in [6.07, 6.45) is 7.60. The van der Waals surface area contributed by atoms with E-state index in [4.69, 9.17) is 9.73 Å². The van der Waals surface area contributed by atoms with Gasteiger partial charge in [0.2, 0.25) is 0 Å². The van der Waals surface area contributed by atoms with Crippen LogP contribution in [0.15, 0.2) is 4.99 Å². The summed E-state index contributed by atoms with van der Waals surface area (Å²) in [5.74, 6) is 2.64. The van der Waals surface area contributed by atoms with Crippen LogP contribution < -0.4 is 10.6 Å². The van der Waals surface area contributed by atoms with E-state index in [1.165, 1.54) is 77.8 Å². The Morgan fingerprint density at radius 2 is 1.69 bits per heavy atom. The van der Waals surface area contributed by atoms with Gasteiger partial charge in [0.25, 0.3) is 0 Å². The van der Waals surface area contributed by atoms with Crippen molar-refractivity contribution in [3.63, 3.8) is 0 Å². The third kappa shape index (κ3) is 8.87. The monoisotopic (exact) mass is 521 g/mol. The van der Waals surface area contributed by atoms with E-state index in [0.29, 0.717) is 6.04 Å². The van der Waals surface area contributed by atoms with Crippen molar-refractivity contribution in [3.05, 3.63) is 0 Å². The number of rotatable bonds is 8. The van der Waals surface area contributed by atoms with Crippen molar-refractivity contribution < 1.29 is 4.74 Å². The molecule has 3 aliphatic rings. The Balaban J connectivity index is 0.00000300. The first-order valence-corrected chi connectivity index (χ1v) is 11.8. The van der Waals surface area contributed by atoms with Gasteiger partial charge < -0.3 is 25.2 Å². The maximum Gasteiger partial charge on any atom is 0.191 e. The molecule has 1 atom stereocenters. The van der Waals surface area contributed by atoms with Crippen LogP contribution in [0.25, 0.3) is 0 Å². The number of piperidine rings is 2. The molecule has 0 bridgehead atoms. The summed E-state index contributed by atoms with van der Waals surface area (Å²) in [6, 6.07) is 0.557. The molecule has 0 radical (unpaired) electrons. The quantitative estimate of drug-likeness (QED) is 0.292. The van der Waals surface area contributed by atoms with Crippen LogP contribution in [0.2, 0.25) is 0 Å². The number of halogens is 1. The van der Waals surface area contributed by atoms with Gasteiger partial charge in [-0.15, -0.1) is 24.0 Å². The third-order valence-corrected chi connectivity index (χ3v) is 6.77. The van der Waals surface area contributed by atoms with E-state index in [2.05, 4.69) is 34.3 Å². The van der Waals surface area contributed by atoms with E-state index in [-0.39, 0.29) is 24.0 Å². The lowest BCUT2D eigenvalue weighted by Gasteiger charge is -2.34. The summed E-state index contributed by atoms with van der Waals surface area (Å²) in [5, 5.41) is 7.16. The molecule has 3 heterocycles. The Morgan fingerprint density at radius 1 is 0.966 bits per heavy atom. The Kier molecular flexibility index (Phi) is 12.2. The number of nitrogens with zero attached hydrogens (tertiary/aromatic N) is 3. The highest BCUT2D eigenvalue weighted by atomic mass is 127. The number of ether oxygens (including phenoxy) is 1. The molecule has 0 amide bonds. The van der Waals surface area contributed by atoms with Gasteiger partial charge >= 0.3 is 0 Å². The molecule has 1 unspecified atom stereocenters. The highest BCUT2D eigenvalue weighted by Gasteiger charge is 2.24. The molecule has 170 valence electrons. The Hall–Kier alpha value is -0.120. The molecule has 0 saturated carbocycles. The molecule has 0 aromatic heterocycles. The molecule has 0 spiro atoms. The van der Waals surface area contributed by atoms with Crippen LogP contribution in [0.5, 0.6) is 0 Å². The Morgan fingerprint density at radius 3 is 2.31 bits per heavy atom. The predicted molar refractivity (Wildman–Crippen MR) is 132 cm³/mol. The van der Waals surface area contributed by atoms with Gasteiger partial charge in [-0.05, 0) is 76.9 Å². The number of hydrogen-bond acceptors (Lipinski definition) is 4. The summed E-state index contributed by atoms with van der Waals surface area (Å²) >= 11 is 0. The van der Waals surface area contributed by atoms with E-state index >= 15 is 0 Å². The van der Waals surface area contributed by atoms with Crippen LogP contribution in [0.4, 0.5) is 0 Å². The van der Waals surface area contributed by atoms with Gasteiger partial charge in [0.1, 0.15) is 0 Å². The summed E-state index contributed by atoms with van der Waals surface area (Å²) < 4.78 is 5.53. The smallest absolute Gasteiger partial charge is 0.191 e. The van der Waals surface area contributed by atoms with Crippen molar-refractivity contribution in [1.82, 2.24) is 20.4 Å². The molecule has 2 N–H and O–H groups in total. The van der Waals surface area contributed by atoms with Crippen LogP contribution in [-0.4, -0.2) is 87.4 Å². The van der Waals surface area contributed by atoms with Gasteiger partial charge in [0, 0.05) is 45.4 Å². The molecule has 6 nitrogen and oxygen atoms in total. The van der Waals surface area contributed by atoms with Crippen molar-refractivity contribution in [3.8, 4) is 0 Å². The number of nitrogens with one attached hydrogen (secondary N) is 2. The number of hydrogen-bond donors (Lipinski definition) is 2. The maximum absolute atomic E-state index is 5.53. The zero-order chi connectivity index (χ0) is 19.6. The highest BCUT2D eigenvalue weighted by Crippen LogP contribution is 2.20. The summed E-state index contributed by atoms with van der Waals surface area (Å²) in [7, 11) is 0. The molecule has 29 heavy (non-hydrogen) atoms. The van der Waals surface area contributed by atoms with Gasteiger partial charge in [0.15, 0.2) is 5.96 Å². The first kappa shape index (κ1) is 25.1. The maximum atomic E-state index is 5.53. The fraction of sp³-hybridized carbons (Fsp3) is 0.955. The van der Waals surface area contributed by atoms with E-state index in [0.717, 1.165) is 44.1 Å². The zero-order valence-corrected chi connectivity index (χ0v) is 21.0. The molecular weight excluding hydrogens is 477 g/mol. The molecule has 7 heteroatoms. The molecule has 0 aromatic rings. The largest absolute Gasteiger partial charge is 0.381 e. The first-order chi connectivity index (χ1) is 13.8. The standard InChI is InChI=1S/C22H43N5O.HI/c1-3-23-22(24-11-5-19-6-12-26(4-2)13-7-19)25-21-8-14-27(15-9-21)17-20-10-16-28-18-20;/h19-21H,3-18H2,1-2H3,(H2,23,24,25);1H. The minimum atomic E-state index is 0. The predicted octanol–water partition coefficient (Wildman–Crippen LogP) is 2.78. The van der Waals surface area contributed by atoms with Gasteiger partial charge in [-0.25, -0.2) is 0 Å². The normalized spacial score (nSPS) is 25.7. The number of guanidine groups is 1. The van der Waals surface area contributed by atoms with Crippen LogP contribution in [0, 0.1) is 11.8 Å². The topological polar surface area (TPSA) is 52.1 Å². The summed E-state index contributed by atoms with van der Waals surface area (Å²) in [4.78, 5) is 10.1. The molecular formula is C22H44IN5O. The van der Waals surface area contributed by atoms with E-state index in [9.17, 15) is 0 Å². The second-order valence-corrected chi connectivity index (χ2v) is 8.88. The molecule has 3 saturated heterocycles. The van der Waals surface area contributed by atoms with E-state index < -0.39 is 0 Å². The average Bonchev–Trinajstić information content (AvgIpc) is 3.23. The van der Waals surface area contributed by atoms with Crippen molar-refractivity contribution in [2.75, 3.05) is 65.6 Å². The average molecular weight is 522 g/mol. The van der Waals surface area contributed by atoms with Crippen LogP contribution in [0.3, 0.4) is 0 Å². The van der Waals surface area contributed by atoms with Crippen molar-refractivity contribution in [1.29, 1.82) is 0 Å². The van der Waals surface area contributed by atoms with E-state index in [1.807, 2.05) is 0 Å². The van der Waals surface area contributed by atoms with Gasteiger partial charge in [-0.1, -0.05) is 6.92 Å². The third-order valence-electron chi connectivity index (χ3n) is 6.77. The molecule has 3 fully saturated rings. The minimum absolute atomic E-state index is 0. The second-order valence-electron chi connectivity index (χ2n) is 8.88. The Bertz CT molecular complexity index is 456. The highest BCUT2D eigenvalue weighted by molar-refractivity contribution is 14.0. The lowest BCUT2D eigenvalue weighted by molar-refractivity contribution is 0.150. The summed E-state index contributed by atoms with van der Waals surface area (Å²) in [5.41, 5.74) is 0. The van der Waals surface area contributed by atoms with Gasteiger partial charge in [0.05, 0.1) is 6.61 Å². The second kappa shape index (κ2) is 14.0. The zero-order valence-electron chi connectivity index (χ0n) is 18.7. The van der Waals surface area contributed by atoms with Crippen LogP contribution in [0.1, 0.15) is 52.4 Å². The minimum Gasteiger partial charge on any atom is -0.381 e.